The quantitative estimate of drug-likeness (QED) is 0.699. The van der Waals surface area contributed by atoms with Gasteiger partial charge in [0, 0.05) is 5.69 Å². The number of carbonyl (C=O) groups excluding carboxylic acids is 1. The summed E-state index contributed by atoms with van der Waals surface area (Å²) >= 11 is 0. The molecule has 15 heavy (non-hydrogen) atoms. The molecule has 0 aliphatic carbocycles. The van der Waals surface area contributed by atoms with Gasteiger partial charge in [-0.1, -0.05) is 31.5 Å². The Labute approximate surface area is 90.9 Å². The molecule has 3 heteroatoms. The van der Waals surface area contributed by atoms with E-state index >= 15 is 0 Å². The van der Waals surface area contributed by atoms with Crippen LogP contribution in [-0.4, -0.2) is 19.0 Å². The third kappa shape index (κ3) is 5.18. The largest absolute Gasteiger partial charge is 0.325 e. The highest BCUT2D eigenvalue weighted by molar-refractivity contribution is 5.92. The number of amides is 1. The Kier molecular flexibility index (Phi) is 5.48. The van der Waals surface area contributed by atoms with Gasteiger partial charge in [0.15, 0.2) is 0 Å². The molecule has 0 bridgehead atoms. The second-order valence-corrected chi connectivity index (χ2v) is 3.44. The van der Waals surface area contributed by atoms with E-state index in [1.54, 1.807) is 0 Å². The van der Waals surface area contributed by atoms with Gasteiger partial charge in [-0.15, -0.1) is 0 Å². The summed E-state index contributed by atoms with van der Waals surface area (Å²) in [7, 11) is 0. The van der Waals surface area contributed by atoms with Crippen molar-refractivity contribution in [1.29, 1.82) is 0 Å². The Bertz CT molecular complexity index is 285. The summed E-state index contributed by atoms with van der Waals surface area (Å²) in [5.74, 6) is 0.0114. The van der Waals surface area contributed by atoms with Gasteiger partial charge in [0.1, 0.15) is 0 Å². The lowest BCUT2D eigenvalue weighted by atomic mass is 10.3. The summed E-state index contributed by atoms with van der Waals surface area (Å²) in [6.07, 6.45) is 2.26. The molecule has 0 heterocycles. The predicted molar refractivity (Wildman–Crippen MR) is 62.8 cm³/mol. The van der Waals surface area contributed by atoms with Crippen molar-refractivity contribution in [3.05, 3.63) is 30.3 Å². The molecule has 0 aliphatic rings. The predicted octanol–water partition coefficient (Wildman–Crippen LogP) is 2.01. The number of carbonyl (C=O) groups is 1. The first-order valence-corrected chi connectivity index (χ1v) is 5.38. The fraction of sp³-hybridized carbons (Fsp3) is 0.417. The zero-order chi connectivity index (χ0) is 10.9. The van der Waals surface area contributed by atoms with Gasteiger partial charge in [-0.05, 0) is 25.1 Å². The average molecular weight is 206 g/mol. The molecule has 2 N–H and O–H groups in total. The first kappa shape index (κ1) is 11.7. The molecule has 0 aliphatic heterocycles. The van der Waals surface area contributed by atoms with Gasteiger partial charge < -0.3 is 10.6 Å². The Morgan fingerprint density at radius 3 is 2.67 bits per heavy atom. The Balaban J connectivity index is 2.19. The molecule has 0 saturated heterocycles. The second kappa shape index (κ2) is 7.01. The van der Waals surface area contributed by atoms with Gasteiger partial charge >= 0.3 is 0 Å². The van der Waals surface area contributed by atoms with E-state index in [9.17, 15) is 4.79 Å². The van der Waals surface area contributed by atoms with E-state index in [1.165, 1.54) is 0 Å². The molecule has 82 valence electrons. The number of para-hydroxylation sites is 1. The van der Waals surface area contributed by atoms with E-state index in [0.29, 0.717) is 6.54 Å². The Morgan fingerprint density at radius 2 is 2.00 bits per heavy atom. The lowest BCUT2D eigenvalue weighted by Gasteiger charge is -2.05. The monoisotopic (exact) mass is 206 g/mol. The molecule has 0 spiro atoms. The zero-order valence-electron chi connectivity index (χ0n) is 9.12. The minimum atomic E-state index is 0.0114. The second-order valence-electron chi connectivity index (χ2n) is 3.44. The lowest BCUT2D eigenvalue weighted by molar-refractivity contribution is -0.115. The fourth-order valence-corrected chi connectivity index (χ4v) is 1.23. The van der Waals surface area contributed by atoms with Crippen molar-refractivity contribution in [2.24, 2.45) is 0 Å². The zero-order valence-corrected chi connectivity index (χ0v) is 9.12. The number of anilines is 1. The van der Waals surface area contributed by atoms with Gasteiger partial charge in [-0.3, -0.25) is 4.79 Å². The van der Waals surface area contributed by atoms with Crippen LogP contribution in [0.2, 0.25) is 0 Å². The number of rotatable bonds is 6. The molecule has 3 nitrogen and oxygen atoms in total. The summed E-state index contributed by atoms with van der Waals surface area (Å²) in [6, 6.07) is 9.49. The molecule has 1 aromatic rings. The van der Waals surface area contributed by atoms with Gasteiger partial charge in [0.2, 0.25) is 5.91 Å². The van der Waals surface area contributed by atoms with E-state index in [0.717, 1.165) is 25.1 Å². The summed E-state index contributed by atoms with van der Waals surface area (Å²) < 4.78 is 0. The lowest BCUT2D eigenvalue weighted by Crippen LogP contribution is -2.28. The van der Waals surface area contributed by atoms with Crippen molar-refractivity contribution in [3.8, 4) is 0 Å². The third-order valence-electron chi connectivity index (χ3n) is 2.05. The highest BCUT2D eigenvalue weighted by Gasteiger charge is 1.99. The molecule has 0 saturated carbocycles. The maximum atomic E-state index is 11.4. The molecule has 0 atom stereocenters. The van der Waals surface area contributed by atoms with Crippen LogP contribution in [-0.2, 0) is 4.79 Å². The first-order chi connectivity index (χ1) is 7.33. The van der Waals surface area contributed by atoms with Crippen molar-refractivity contribution in [3.63, 3.8) is 0 Å². The molecular weight excluding hydrogens is 188 g/mol. The van der Waals surface area contributed by atoms with Crippen molar-refractivity contribution in [2.75, 3.05) is 18.4 Å². The van der Waals surface area contributed by atoms with Crippen LogP contribution in [0.4, 0.5) is 5.69 Å². The number of nitrogens with one attached hydrogen (secondary N) is 2. The summed E-state index contributed by atoms with van der Waals surface area (Å²) in [4.78, 5) is 11.4. The summed E-state index contributed by atoms with van der Waals surface area (Å²) in [5, 5.41) is 5.91. The average Bonchev–Trinajstić information content (AvgIpc) is 2.26. The summed E-state index contributed by atoms with van der Waals surface area (Å²) in [5.41, 5.74) is 0.847. The maximum Gasteiger partial charge on any atom is 0.238 e. The number of hydrogen-bond acceptors (Lipinski definition) is 2. The van der Waals surface area contributed by atoms with E-state index in [4.69, 9.17) is 0 Å². The van der Waals surface area contributed by atoms with Gasteiger partial charge in [-0.2, -0.15) is 0 Å². The van der Waals surface area contributed by atoms with E-state index in [2.05, 4.69) is 17.6 Å². The standard InChI is InChI=1S/C12H18N2O/c1-2-3-9-13-10-12(15)14-11-7-5-4-6-8-11/h4-8,13H,2-3,9-10H2,1H3,(H,14,15). The smallest absolute Gasteiger partial charge is 0.238 e. The van der Waals surface area contributed by atoms with E-state index in [1.807, 2.05) is 30.3 Å². The SMILES string of the molecule is CCCCNCC(=O)Nc1ccccc1. The van der Waals surface area contributed by atoms with Crippen LogP contribution in [0.15, 0.2) is 30.3 Å². The highest BCUT2D eigenvalue weighted by atomic mass is 16.1. The number of benzene rings is 1. The summed E-state index contributed by atoms with van der Waals surface area (Å²) in [6.45, 7) is 3.42. The van der Waals surface area contributed by atoms with Crippen LogP contribution in [0.5, 0.6) is 0 Å². The molecule has 0 aromatic heterocycles. The Hall–Kier alpha value is -1.35. The fourth-order valence-electron chi connectivity index (χ4n) is 1.23. The molecule has 1 rings (SSSR count). The van der Waals surface area contributed by atoms with Gasteiger partial charge in [0.05, 0.1) is 6.54 Å². The number of hydrogen-bond donors (Lipinski definition) is 2. The van der Waals surface area contributed by atoms with Crippen LogP contribution in [0.1, 0.15) is 19.8 Å². The molecule has 1 aromatic carbocycles. The molecule has 0 fully saturated rings. The first-order valence-electron chi connectivity index (χ1n) is 5.38. The minimum Gasteiger partial charge on any atom is -0.325 e. The molecule has 0 unspecified atom stereocenters. The van der Waals surface area contributed by atoms with Crippen molar-refractivity contribution in [1.82, 2.24) is 5.32 Å². The third-order valence-corrected chi connectivity index (χ3v) is 2.05. The van der Waals surface area contributed by atoms with Crippen LogP contribution in [0, 0.1) is 0 Å². The topological polar surface area (TPSA) is 41.1 Å². The minimum absolute atomic E-state index is 0.0114. The maximum absolute atomic E-state index is 11.4. The molecule has 0 radical (unpaired) electrons. The van der Waals surface area contributed by atoms with Crippen LogP contribution in [0.3, 0.4) is 0 Å². The van der Waals surface area contributed by atoms with Crippen molar-refractivity contribution < 1.29 is 4.79 Å². The van der Waals surface area contributed by atoms with Crippen molar-refractivity contribution in [2.45, 2.75) is 19.8 Å². The van der Waals surface area contributed by atoms with Gasteiger partial charge in [0.25, 0.3) is 0 Å². The molecular formula is C12H18N2O. The van der Waals surface area contributed by atoms with Crippen LogP contribution < -0.4 is 10.6 Å². The van der Waals surface area contributed by atoms with Crippen molar-refractivity contribution >= 4 is 11.6 Å². The van der Waals surface area contributed by atoms with Crippen LogP contribution >= 0.6 is 0 Å². The highest BCUT2D eigenvalue weighted by Crippen LogP contribution is 2.03. The molecule has 1 amide bonds. The van der Waals surface area contributed by atoms with E-state index < -0.39 is 0 Å². The number of unbranched alkanes of at least 4 members (excludes halogenated alkanes) is 1. The van der Waals surface area contributed by atoms with Gasteiger partial charge in [-0.25, -0.2) is 0 Å². The normalized spacial score (nSPS) is 9.93. The Morgan fingerprint density at radius 1 is 1.27 bits per heavy atom. The van der Waals surface area contributed by atoms with E-state index in [-0.39, 0.29) is 5.91 Å². The van der Waals surface area contributed by atoms with Crippen LogP contribution in [0.25, 0.3) is 0 Å².